The zero-order chi connectivity index (χ0) is 14.8. The number of aryl methyl sites for hydroxylation is 1. The SMILES string of the molecule is Cc1cc(NC=C2CCCCC2)c(O)c(C(C)(C)C)c1. The van der Waals surface area contributed by atoms with Crippen LogP contribution in [0.1, 0.15) is 64.0 Å². The Kier molecular flexibility index (Phi) is 4.42. The van der Waals surface area contributed by atoms with Gasteiger partial charge in [0.25, 0.3) is 0 Å². The molecule has 2 rings (SSSR count). The molecular weight excluding hydrogens is 246 g/mol. The molecule has 1 saturated carbocycles. The topological polar surface area (TPSA) is 32.3 Å². The minimum absolute atomic E-state index is 0.0511. The Morgan fingerprint density at radius 1 is 1.10 bits per heavy atom. The Morgan fingerprint density at radius 3 is 2.35 bits per heavy atom. The van der Waals surface area contributed by atoms with E-state index in [1.165, 1.54) is 43.2 Å². The number of benzene rings is 1. The third-order valence-electron chi connectivity index (χ3n) is 3.99. The normalized spacial score (nSPS) is 16.1. The lowest BCUT2D eigenvalue weighted by molar-refractivity contribution is 0.448. The van der Waals surface area contributed by atoms with Crippen LogP contribution < -0.4 is 5.32 Å². The summed E-state index contributed by atoms with van der Waals surface area (Å²) in [5.74, 6) is 0.385. The molecule has 1 fully saturated rings. The van der Waals surface area contributed by atoms with E-state index in [1.54, 1.807) is 0 Å². The molecule has 1 aliphatic rings. The predicted molar refractivity (Wildman–Crippen MR) is 86.3 cm³/mol. The van der Waals surface area contributed by atoms with E-state index in [-0.39, 0.29) is 5.41 Å². The average Bonchev–Trinajstić information content (AvgIpc) is 2.39. The van der Waals surface area contributed by atoms with E-state index in [0.717, 1.165) is 11.3 Å². The van der Waals surface area contributed by atoms with E-state index >= 15 is 0 Å². The maximum absolute atomic E-state index is 10.5. The summed E-state index contributed by atoms with van der Waals surface area (Å²) in [7, 11) is 0. The maximum Gasteiger partial charge on any atom is 0.142 e. The monoisotopic (exact) mass is 273 g/mol. The van der Waals surface area contributed by atoms with Crippen LogP contribution in [0, 0.1) is 6.92 Å². The summed E-state index contributed by atoms with van der Waals surface area (Å²) >= 11 is 0. The van der Waals surface area contributed by atoms with Crippen molar-refractivity contribution in [1.82, 2.24) is 0 Å². The molecule has 2 nitrogen and oxygen atoms in total. The van der Waals surface area contributed by atoms with Crippen LogP contribution in [-0.2, 0) is 5.41 Å². The van der Waals surface area contributed by atoms with Crippen LogP contribution >= 0.6 is 0 Å². The largest absolute Gasteiger partial charge is 0.505 e. The van der Waals surface area contributed by atoms with Gasteiger partial charge in [-0.15, -0.1) is 0 Å². The van der Waals surface area contributed by atoms with Crippen LogP contribution in [0.15, 0.2) is 23.9 Å². The van der Waals surface area contributed by atoms with Gasteiger partial charge in [0.15, 0.2) is 0 Å². The van der Waals surface area contributed by atoms with E-state index in [9.17, 15) is 5.11 Å². The summed E-state index contributed by atoms with van der Waals surface area (Å²) in [6, 6.07) is 4.10. The van der Waals surface area contributed by atoms with Crippen molar-refractivity contribution < 1.29 is 5.11 Å². The molecule has 0 aromatic heterocycles. The first kappa shape index (κ1) is 15.0. The molecule has 2 heteroatoms. The first-order chi connectivity index (χ1) is 9.38. The zero-order valence-corrected chi connectivity index (χ0v) is 13.2. The Hall–Kier alpha value is -1.44. The second kappa shape index (κ2) is 5.90. The summed E-state index contributed by atoms with van der Waals surface area (Å²) in [6.07, 6.45) is 8.40. The Morgan fingerprint density at radius 2 is 1.75 bits per heavy atom. The summed E-state index contributed by atoms with van der Waals surface area (Å²) in [5.41, 5.74) is 4.42. The maximum atomic E-state index is 10.5. The molecule has 0 atom stereocenters. The lowest BCUT2D eigenvalue weighted by atomic mass is 9.85. The van der Waals surface area contributed by atoms with Crippen molar-refractivity contribution in [3.8, 4) is 5.75 Å². The van der Waals surface area contributed by atoms with Gasteiger partial charge in [-0.1, -0.05) is 38.8 Å². The molecule has 0 unspecified atom stereocenters. The van der Waals surface area contributed by atoms with Crippen molar-refractivity contribution in [2.45, 2.75) is 65.2 Å². The number of phenolic OH excluding ortho intramolecular Hbond substituents is 1. The van der Waals surface area contributed by atoms with E-state index in [0.29, 0.717) is 5.75 Å². The standard InChI is InChI=1S/C18H27NO/c1-13-10-15(18(2,3)4)17(20)16(11-13)19-12-14-8-6-5-7-9-14/h10-12,19-20H,5-9H2,1-4H3. The molecule has 1 aromatic carbocycles. The molecule has 0 heterocycles. The minimum Gasteiger partial charge on any atom is -0.505 e. The van der Waals surface area contributed by atoms with Crippen LogP contribution in [0.25, 0.3) is 0 Å². The fraction of sp³-hybridized carbons (Fsp3) is 0.556. The van der Waals surface area contributed by atoms with Gasteiger partial charge in [-0.2, -0.15) is 0 Å². The molecule has 20 heavy (non-hydrogen) atoms. The van der Waals surface area contributed by atoms with Crippen molar-refractivity contribution in [3.63, 3.8) is 0 Å². The lowest BCUT2D eigenvalue weighted by Gasteiger charge is -2.23. The zero-order valence-electron chi connectivity index (χ0n) is 13.2. The first-order valence-corrected chi connectivity index (χ1v) is 7.66. The molecule has 1 aliphatic carbocycles. The van der Waals surface area contributed by atoms with Gasteiger partial charge in [-0.25, -0.2) is 0 Å². The summed E-state index contributed by atoms with van der Waals surface area (Å²) in [5, 5.41) is 13.8. The number of hydrogen-bond donors (Lipinski definition) is 2. The highest BCUT2D eigenvalue weighted by molar-refractivity contribution is 5.64. The fourth-order valence-electron chi connectivity index (χ4n) is 2.79. The summed E-state index contributed by atoms with van der Waals surface area (Å²) in [4.78, 5) is 0. The van der Waals surface area contributed by atoms with Gasteiger partial charge in [0.05, 0.1) is 5.69 Å². The fourth-order valence-corrected chi connectivity index (χ4v) is 2.79. The summed E-state index contributed by atoms with van der Waals surface area (Å²) < 4.78 is 0. The first-order valence-electron chi connectivity index (χ1n) is 7.66. The highest BCUT2D eigenvalue weighted by atomic mass is 16.3. The number of hydrogen-bond acceptors (Lipinski definition) is 2. The second-order valence-corrected chi connectivity index (χ2v) is 6.97. The molecule has 1 aromatic rings. The van der Waals surface area contributed by atoms with E-state index < -0.39 is 0 Å². The molecule has 0 spiro atoms. The molecule has 0 aliphatic heterocycles. The van der Waals surface area contributed by atoms with Crippen molar-refractivity contribution in [1.29, 1.82) is 0 Å². The Bertz CT molecular complexity index is 501. The number of rotatable bonds is 2. The molecule has 0 saturated heterocycles. The average molecular weight is 273 g/mol. The highest BCUT2D eigenvalue weighted by Gasteiger charge is 2.20. The number of allylic oxidation sites excluding steroid dienone is 1. The van der Waals surface area contributed by atoms with Crippen molar-refractivity contribution in [2.24, 2.45) is 0 Å². The van der Waals surface area contributed by atoms with Crippen LogP contribution in [0.3, 0.4) is 0 Å². The molecule has 0 bridgehead atoms. The summed E-state index contributed by atoms with van der Waals surface area (Å²) in [6.45, 7) is 8.47. The minimum atomic E-state index is -0.0511. The van der Waals surface area contributed by atoms with Crippen LogP contribution in [-0.4, -0.2) is 5.11 Å². The molecule has 0 amide bonds. The quantitative estimate of drug-likeness (QED) is 0.720. The smallest absolute Gasteiger partial charge is 0.142 e. The van der Waals surface area contributed by atoms with Gasteiger partial charge in [0, 0.05) is 11.8 Å². The van der Waals surface area contributed by atoms with E-state index in [2.05, 4.69) is 45.3 Å². The number of nitrogens with one attached hydrogen (secondary N) is 1. The Labute approximate surface area is 122 Å². The second-order valence-electron chi connectivity index (χ2n) is 6.97. The van der Waals surface area contributed by atoms with Crippen molar-refractivity contribution >= 4 is 5.69 Å². The number of aromatic hydroxyl groups is 1. The van der Waals surface area contributed by atoms with E-state index in [4.69, 9.17) is 0 Å². The number of anilines is 1. The van der Waals surface area contributed by atoms with Gasteiger partial charge in [-0.3, -0.25) is 0 Å². The van der Waals surface area contributed by atoms with Gasteiger partial charge >= 0.3 is 0 Å². The third-order valence-corrected chi connectivity index (χ3v) is 3.99. The van der Waals surface area contributed by atoms with Crippen molar-refractivity contribution in [3.05, 3.63) is 35.0 Å². The number of phenols is 1. The lowest BCUT2D eigenvalue weighted by Crippen LogP contribution is -2.12. The molecule has 2 N–H and O–H groups in total. The van der Waals surface area contributed by atoms with Gasteiger partial charge in [0.2, 0.25) is 0 Å². The predicted octanol–water partition coefficient (Wildman–Crippen LogP) is 5.26. The van der Waals surface area contributed by atoms with Gasteiger partial charge in [-0.05, 0) is 49.7 Å². The van der Waals surface area contributed by atoms with Crippen molar-refractivity contribution in [2.75, 3.05) is 5.32 Å². The molecular formula is C18H27NO. The molecule has 110 valence electrons. The Balaban J connectivity index is 2.25. The highest BCUT2D eigenvalue weighted by Crippen LogP contribution is 2.37. The van der Waals surface area contributed by atoms with Crippen LogP contribution in [0.5, 0.6) is 5.75 Å². The van der Waals surface area contributed by atoms with Crippen LogP contribution in [0.2, 0.25) is 0 Å². The molecule has 0 radical (unpaired) electrons. The third kappa shape index (κ3) is 3.56. The van der Waals surface area contributed by atoms with Gasteiger partial charge < -0.3 is 10.4 Å². The van der Waals surface area contributed by atoms with Gasteiger partial charge in [0.1, 0.15) is 5.75 Å². The van der Waals surface area contributed by atoms with E-state index in [1.807, 2.05) is 6.07 Å². The van der Waals surface area contributed by atoms with Crippen LogP contribution in [0.4, 0.5) is 5.69 Å².